The molecule has 0 aliphatic rings. The first kappa shape index (κ1) is 23.1. The van der Waals surface area contributed by atoms with Crippen molar-refractivity contribution in [2.75, 3.05) is 11.8 Å². The topological polar surface area (TPSA) is 66.5 Å². The molecule has 0 aliphatic heterocycles. The fourth-order valence-corrected chi connectivity index (χ4v) is 4.72. The van der Waals surface area contributed by atoms with E-state index < -0.39 is 10.0 Å². The highest BCUT2D eigenvalue weighted by Gasteiger charge is 2.22. The van der Waals surface area contributed by atoms with E-state index in [9.17, 15) is 13.2 Å². The van der Waals surface area contributed by atoms with Crippen molar-refractivity contribution >= 4 is 44.8 Å². The van der Waals surface area contributed by atoms with Gasteiger partial charge in [0.05, 0.1) is 5.02 Å². The monoisotopic (exact) mass is 476 g/mol. The number of rotatable bonds is 6. The van der Waals surface area contributed by atoms with Crippen molar-refractivity contribution in [1.29, 1.82) is 0 Å². The van der Waals surface area contributed by atoms with E-state index in [1.165, 1.54) is 23.1 Å². The van der Waals surface area contributed by atoms with Crippen molar-refractivity contribution in [2.24, 2.45) is 0 Å². The van der Waals surface area contributed by atoms with Gasteiger partial charge in [-0.2, -0.15) is 0 Å². The Balaban J connectivity index is 1.85. The lowest BCUT2D eigenvalue weighted by molar-refractivity contribution is 0.0785. The number of aryl methyl sites for hydroxylation is 2. The van der Waals surface area contributed by atoms with Crippen molar-refractivity contribution in [3.8, 4) is 0 Å². The quantitative estimate of drug-likeness (QED) is 0.497. The van der Waals surface area contributed by atoms with Crippen molar-refractivity contribution in [1.82, 2.24) is 4.90 Å². The Bertz CT molecular complexity index is 1230. The SMILES string of the molecule is Cc1ccc(NS(=O)(=O)c2cc(C(=O)N(C)Cc3ccc(Cl)cc3)ccc2Cl)cc1C. The Morgan fingerprint density at radius 3 is 2.26 bits per heavy atom. The first-order chi connectivity index (χ1) is 14.6. The zero-order valence-electron chi connectivity index (χ0n) is 17.3. The summed E-state index contributed by atoms with van der Waals surface area (Å²) in [5.74, 6) is -0.325. The Morgan fingerprint density at radius 1 is 0.935 bits per heavy atom. The van der Waals surface area contributed by atoms with Crippen LogP contribution in [0.1, 0.15) is 27.0 Å². The molecule has 1 amide bonds. The molecule has 0 spiro atoms. The summed E-state index contributed by atoms with van der Waals surface area (Å²) in [7, 11) is -2.34. The maximum Gasteiger partial charge on any atom is 0.263 e. The van der Waals surface area contributed by atoms with Gasteiger partial charge in [-0.25, -0.2) is 8.42 Å². The van der Waals surface area contributed by atoms with Gasteiger partial charge in [-0.3, -0.25) is 9.52 Å². The van der Waals surface area contributed by atoms with E-state index in [0.717, 1.165) is 16.7 Å². The van der Waals surface area contributed by atoms with E-state index in [0.29, 0.717) is 17.3 Å². The van der Waals surface area contributed by atoms with Gasteiger partial charge in [0.2, 0.25) is 0 Å². The van der Waals surface area contributed by atoms with Gasteiger partial charge in [-0.15, -0.1) is 0 Å². The normalized spacial score (nSPS) is 11.3. The molecule has 3 aromatic rings. The van der Waals surface area contributed by atoms with E-state index in [4.69, 9.17) is 23.2 Å². The first-order valence-corrected chi connectivity index (χ1v) is 11.7. The zero-order chi connectivity index (χ0) is 22.8. The number of hydrogen-bond acceptors (Lipinski definition) is 3. The second-order valence-electron chi connectivity index (χ2n) is 7.34. The van der Waals surface area contributed by atoms with Crippen LogP contribution in [-0.2, 0) is 16.6 Å². The van der Waals surface area contributed by atoms with E-state index in [2.05, 4.69) is 4.72 Å². The molecular weight excluding hydrogens is 455 g/mol. The predicted molar refractivity (Wildman–Crippen MR) is 125 cm³/mol. The molecule has 0 saturated heterocycles. The van der Waals surface area contributed by atoms with Crippen LogP contribution >= 0.6 is 23.2 Å². The highest BCUT2D eigenvalue weighted by molar-refractivity contribution is 7.92. The van der Waals surface area contributed by atoms with Crippen LogP contribution in [-0.4, -0.2) is 26.3 Å². The third-order valence-corrected chi connectivity index (χ3v) is 7.02. The summed E-state index contributed by atoms with van der Waals surface area (Å²) < 4.78 is 28.4. The minimum atomic E-state index is -3.99. The van der Waals surface area contributed by atoms with Crippen LogP contribution in [0.4, 0.5) is 5.69 Å². The molecule has 0 heterocycles. The lowest BCUT2D eigenvalue weighted by Gasteiger charge is -2.18. The van der Waals surface area contributed by atoms with Gasteiger partial charge in [-0.05, 0) is 73.0 Å². The lowest BCUT2D eigenvalue weighted by Crippen LogP contribution is -2.26. The molecule has 0 radical (unpaired) electrons. The summed E-state index contributed by atoms with van der Waals surface area (Å²) in [5, 5.41) is 0.648. The van der Waals surface area contributed by atoms with Gasteiger partial charge >= 0.3 is 0 Å². The van der Waals surface area contributed by atoms with Crippen LogP contribution < -0.4 is 4.72 Å². The van der Waals surface area contributed by atoms with Gasteiger partial charge in [0, 0.05) is 29.9 Å². The van der Waals surface area contributed by atoms with Crippen LogP contribution in [0.3, 0.4) is 0 Å². The number of amides is 1. The van der Waals surface area contributed by atoms with Gasteiger partial charge in [0.25, 0.3) is 15.9 Å². The highest BCUT2D eigenvalue weighted by Crippen LogP contribution is 2.26. The Labute approximate surface area is 192 Å². The van der Waals surface area contributed by atoms with Crippen LogP contribution in [0.5, 0.6) is 0 Å². The number of carbonyl (C=O) groups excluding carboxylic acids is 1. The third-order valence-electron chi connectivity index (χ3n) is 4.91. The Kier molecular flexibility index (Phi) is 6.94. The molecule has 162 valence electrons. The maximum atomic E-state index is 13.0. The molecule has 0 bridgehead atoms. The molecular formula is C23H22Cl2N2O3S. The first-order valence-electron chi connectivity index (χ1n) is 9.46. The molecule has 0 aliphatic carbocycles. The summed E-state index contributed by atoms with van der Waals surface area (Å²) in [6, 6.07) is 16.7. The van der Waals surface area contributed by atoms with Crippen molar-refractivity contribution < 1.29 is 13.2 Å². The highest BCUT2D eigenvalue weighted by atomic mass is 35.5. The second kappa shape index (κ2) is 9.30. The van der Waals surface area contributed by atoms with Crippen molar-refractivity contribution in [3.63, 3.8) is 0 Å². The number of carbonyl (C=O) groups is 1. The summed E-state index contributed by atoms with van der Waals surface area (Å²) in [6.07, 6.45) is 0. The fourth-order valence-electron chi connectivity index (χ4n) is 3.01. The Hall–Kier alpha value is -2.54. The Morgan fingerprint density at radius 2 is 1.61 bits per heavy atom. The summed E-state index contributed by atoms with van der Waals surface area (Å²) in [6.45, 7) is 4.19. The van der Waals surface area contributed by atoms with Crippen LogP contribution in [0.15, 0.2) is 65.6 Å². The summed E-state index contributed by atoms with van der Waals surface area (Å²) in [4.78, 5) is 14.2. The van der Waals surface area contributed by atoms with E-state index in [1.54, 1.807) is 31.3 Å². The van der Waals surface area contributed by atoms with Crippen molar-refractivity contribution in [2.45, 2.75) is 25.3 Å². The van der Waals surface area contributed by atoms with Crippen LogP contribution in [0, 0.1) is 13.8 Å². The molecule has 0 aromatic heterocycles. The van der Waals surface area contributed by atoms with E-state index in [1.807, 2.05) is 32.0 Å². The lowest BCUT2D eigenvalue weighted by atomic mass is 10.1. The van der Waals surface area contributed by atoms with E-state index >= 15 is 0 Å². The average molecular weight is 477 g/mol. The number of anilines is 1. The number of benzene rings is 3. The minimum absolute atomic E-state index is 0.0354. The summed E-state index contributed by atoms with van der Waals surface area (Å²) >= 11 is 12.1. The number of nitrogens with one attached hydrogen (secondary N) is 1. The molecule has 0 atom stereocenters. The predicted octanol–water partition coefficient (Wildman–Crippen LogP) is 5.68. The van der Waals surface area contributed by atoms with Crippen LogP contribution in [0.2, 0.25) is 10.0 Å². The fraction of sp³-hybridized carbons (Fsp3) is 0.174. The van der Waals surface area contributed by atoms with Gasteiger partial charge in [0.15, 0.2) is 0 Å². The van der Waals surface area contributed by atoms with Gasteiger partial charge in [-0.1, -0.05) is 41.4 Å². The molecule has 5 nitrogen and oxygen atoms in total. The van der Waals surface area contributed by atoms with Gasteiger partial charge < -0.3 is 4.90 Å². The molecule has 31 heavy (non-hydrogen) atoms. The van der Waals surface area contributed by atoms with Gasteiger partial charge in [0.1, 0.15) is 4.90 Å². The number of nitrogens with zero attached hydrogens (tertiary/aromatic N) is 1. The van der Waals surface area contributed by atoms with Crippen LogP contribution in [0.25, 0.3) is 0 Å². The zero-order valence-corrected chi connectivity index (χ0v) is 19.6. The average Bonchev–Trinajstić information content (AvgIpc) is 2.72. The molecule has 0 unspecified atom stereocenters. The second-order valence-corrected chi connectivity index (χ2v) is 9.83. The molecule has 0 fully saturated rings. The molecule has 1 N–H and O–H groups in total. The smallest absolute Gasteiger partial charge is 0.263 e. The number of sulfonamides is 1. The molecule has 8 heteroatoms. The number of hydrogen-bond donors (Lipinski definition) is 1. The molecule has 3 rings (SSSR count). The largest absolute Gasteiger partial charge is 0.337 e. The standard InChI is InChI=1S/C23H22Cl2N2O3S/c1-15-4-10-20(12-16(15)2)26-31(29,30)22-13-18(7-11-21(22)25)23(28)27(3)14-17-5-8-19(24)9-6-17/h4-13,26H,14H2,1-3H3. The maximum absolute atomic E-state index is 13.0. The molecule has 0 saturated carbocycles. The third kappa shape index (κ3) is 5.58. The molecule has 3 aromatic carbocycles. The minimum Gasteiger partial charge on any atom is -0.337 e. The van der Waals surface area contributed by atoms with Crippen molar-refractivity contribution in [3.05, 3.63) is 93.0 Å². The number of halogens is 2. The summed E-state index contributed by atoms with van der Waals surface area (Å²) in [5.41, 5.74) is 3.56. The van der Waals surface area contributed by atoms with E-state index in [-0.39, 0.29) is 21.4 Å².